The number of benzene rings is 4. The van der Waals surface area contributed by atoms with Gasteiger partial charge in [0.15, 0.2) is 0 Å². The van der Waals surface area contributed by atoms with Crippen molar-refractivity contribution in [3.05, 3.63) is 133 Å². The third kappa shape index (κ3) is 8.72. The number of esters is 4. The molecule has 0 aliphatic rings. The molecule has 0 heterocycles. The number of rotatable bonds is 11. The van der Waals surface area contributed by atoms with Gasteiger partial charge in [-0.1, -0.05) is 62.7 Å². The SMILES string of the molecule is C=C(C)C(=O)Oc1ccc(-c2ccc(-c3ccc(-c4ccc(OC(=O)C(=C)C)cc4OC(=O)C(=C)C)c(F)c3)cc2)c(OC(=O)C(=C)C)c1. The third-order valence-corrected chi connectivity index (χ3v) is 6.91. The van der Waals surface area contributed by atoms with Crippen LogP contribution in [-0.2, 0) is 19.2 Å². The number of carbonyl (C=O) groups excluding carboxylic acids is 4. The average Bonchev–Trinajstić information content (AvgIpc) is 3.05. The summed E-state index contributed by atoms with van der Waals surface area (Å²) in [5.74, 6) is -2.93. The van der Waals surface area contributed by atoms with Crippen LogP contribution >= 0.6 is 0 Å². The van der Waals surface area contributed by atoms with E-state index in [1.807, 2.05) is 0 Å². The third-order valence-electron chi connectivity index (χ3n) is 6.91. The van der Waals surface area contributed by atoms with Crippen molar-refractivity contribution in [2.75, 3.05) is 0 Å². The lowest BCUT2D eigenvalue weighted by Crippen LogP contribution is -2.11. The lowest BCUT2D eigenvalue weighted by molar-refractivity contribution is -0.131. The maximum atomic E-state index is 15.7. The molecule has 0 saturated carbocycles. The van der Waals surface area contributed by atoms with Gasteiger partial charge in [0.1, 0.15) is 28.8 Å². The van der Waals surface area contributed by atoms with Gasteiger partial charge in [0.05, 0.1) is 0 Å². The molecule has 0 unspecified atom stereocenters. The highest BCUT2D eigenvalue weighted by atomic mass is 19.1. The van der Waals surface area contributed by atoms with Gasteiger partial charge in [-0.2, -0.15) is 0 Å². The van der Waals surface area contributed by atoms with E-state index in [0.29, 0.717) is 22.3 Å². The number of carbonyl (C=O) groups is 4. The molecule has 0 aromatic heterocycles. The van der Waals surface area contributed by atoms with Crippen LogP contribution in [0.25, 0.3) is 33.4 Å². The molecule has 0 bridgehead atoms. The molecule has 49 heavy (non-hydrogen) atoms. The lowest BCUT2D eigenvalue weighted by atomic mass is 9.97. The predicted octanol–water partition coefficient (Wildman–Crippen LogP) is 8.75. The lowest BCUT2D eigenvalue weighted by Gasteiger charge is -2.14. The highest BCUT2D eigenvalue weighted by Crippen LogP contribution is 2.38. The molecule has 8 nitrogen and oxygen atoms in total. The van der Waals surface area contributed by atoms with Crippen LogP contribution in [-0.4, -0.2) is 23.9 Å². The zero-order valence-corrected chi connectivity index (χ0v) is 27.5. The fraction of sp³-hybridized carbons (Fsp3) is 0.100. The Hall–Kier alpha value is -6.35. The second-order valence-corrected chi connectivity index (χ2v) is 11.3. The Kier molecular flexibility index (Phi) is 10.9. The van der Waals surface area contributed by atoms with Crippen LogP contribution in [0.5, 0.6) is 23.0 Å². The first kappa shape index (κ1) is 35.5. The smallest absolute Gasteiger partial charge is 0.338 e. The van der Waals surface area contributed by atoms with Gasteiger partial charge in [0.2, 0.25) is 0 Å². The van der Waals surface area contributed by atoms with Crippen molar-refractivity contribution in [3.8, 4) is 56.4 Å². The topological polar surface area (TPSA) is 105 Å². The summed E-state index contributed by atoms with van der Waals surface area (Å²) in [6.45, 7) is 20.3. The molecule has 0 radical (unpaired) electrons. The second kappa shape index (κ2) is 15.0. The van der Waals surface area contributed by atoms with Gasteiger partial charge in [-0.25, -0.2) is 23.6 Å². The van der Waals surface area contributed by atoms with Gasteiger partial charge >= 0.3 is 23.9 Å². The minimum absolute atomic E-state index is 0.0282. The highest BCUT2D eigenvalue weighted by molar-refractivity contribution is 5.93. The summed E-state index contributed by atoms with van der Waals surface area (Å²) in [6.07, 6.45) is 0. The van der Waals surface area contributed by atoms with Gasteiger partial charge in [0.25, 0.3) is 0 Å². The molecule has 4 aromatic carbocycles. The number of hydrogen-bond acceptors (Lipinski definition) is 8. The van der Waals surface area contributed by atoms with E-state index in [4.69, 9.17) is 18.9 Å². The van der Waals surface area contributed by atoms with Crippen LogP contribution in [0.4, 0.5) is 4.39 Å². The summed E-state index contributed by atoms with van der Waals surface area (Å²) in [7, 11) is 0. The fourth-order valence-corrected chi connectivity index (χ4v) is 4.28. The highest BCUT2D eigenvalue weighted by Gasteiger charge is 2.19. The summed E-state index contributed by atoms with van der Waals surface area (Å²) >= 11 is 0. The standard InChI is InChI=1S/C40H33FO8/c1-22(2)37(42)46-29-14-17-31(35(20-29)48-39(44)24(5)6)27-11-9-26(10-12-27)28-13-16-32(34(41)19-28)33-18-15-30(47-38(43)23(3)4)21-36(33)49-40(45)25(7)8/h9-21H,1,3,5,7H2,2,4,6,8H3. The van der Waals surface area contributed by atoms with Crippen LogP contribution in [0.2, 0.25) is 0 Å². The Balaban J connectivity index is 1.67. The Morgan fingerprint density at radius 1 is 0.449 bits per heavy atom. The summed E-state index contributed by atoms with van der Waals surface area (Å²) < 4.78 is 37.3. The van der Waals surface area contributed by atoms with Gasteiger partial charge < -0.3 is 18.9 Å². The van der Waals surface area contributed by atoms with Crippen molar-refractivity contribution in [1.82, 2.24) is 0 Å². The van der Waals surface area contributed by atoms with Crippen molar-refractivity contribution >= 4 is 23.9 Å². The first-order valence-corrected chi connectivity index (χ1v) is 14.8. The molecule has 0 fully saturated rings. The minimum atomic E-state index is -0.734. The molecule has 4 rings (SSSR count). The van der Waals surface area contributed by atoms with E-state index in [9.17, 15) is 19.2 Å². The zero-order valence-electron chi connectivity index (χ0n) is 27.5. The van der Waals surface area contributed by atoms with Crippen LogP contribution in [0.15, 0.2) is 127 Å². The van der Waals surface area contributed by atoms with Crippen molar-refractivity contribution in [3.63, 3.8) is 0 Å². The Morgan fingerprint density at radius 3 is 1.27 bits per heavy atom. The summed E-state index contributed by atoms with van der Waals surface area (Å²) in [5.41, 5.74) is 3.50. The van der Waals surface area contributed by atoms with Crippen molar-refractivity contribution in [1.29, 1.82) is 0 Å². The van der Waals surface area contributed by atoms with E-state index >= 15 is 4.39 Å². The quantitative estimate of drug-likeness (QED) is 0.0894. The molecule has 0 amide bonds. The van der Waals surface area contributed by atoms with Gasteiger partial charge in [0, 0.05) is 51.1 Å². The molecule has 0 spiro atoms. The first-order valence-electron chi connectivity index (χ1n) is 14.8. The molecule has 9 heteroatoms. The monoisotopic (exact) mass is 660 g/mol. The fourth-order valence-electron chi connectivity index (χ4n) is 4.28. The Morgan fingerprint density at radius 2 is 0.816 bits per heavy atom. The van der Waals surface area contributed by atoms with Crippen LogP contribution in [0.3, 0.4) is 0 Å². The molecule has 0 aliphatic heterocycles. The first-order chi connectivity index (χ1) is 23.1. The van der Waals surface area contributed by atoms with Crippen LogP contribution in [0.1, 0.15) is 27.7 Å². The average molecular weight is 661 g/mol. The molecule has 0 N–H and O–H groups in total. The maximum absolute atomic E-state index is 15.7. The normalized spacial score (nSPS) is 10.4. The van der Waals surface area contributed by atoms with Gasteiger partial charge in [-0.05, 0) is 74.7 Å². The summed E-state index contributed by atoms with van der Waals surface area (Å²) in [4.78, 5) is 48.9. The van der Waals surface area contributed by atoms with Crippen LogP contribution in [0, 0.1) is 5.82 Å². The predicted molar refractivity (Wildman–Crippen MR) is 185 cm³/mol. The Bertz CT molecular complexity index is 2050. The summed E-state index contributed by atoms with van der Waals surface area (Å²) in [5, 5.41) is 0. The molecular formula is C40H33FO8. The largest absolute Gasteiger partial charge is 0.423 e. The molecule has 4 aromatic rings. The Labute approximate surface area is 283 Å². The van der Waals surface area contributed by atoms with E-state index in [1.165, 1.54) is 58.0 Å². The van der Waals surface area contributed by atoms with Crippen molar-refractivity contribution < 1.29 is 42.5 Å². The second-order valence-electron chi connectivity index (χ2n) is 11.3. The minimum Gasteiger partial charge on any atom is -0.423 e. The summed E-state index contributed by atoms with van der Waals surface area (Å²) in [6, 6.07) is 20.6. The molecule has 0 atom stereocenters. The number of ether oxygens (including phenoxy) is 4. The van der Waals surface area contributed by atoms with E-state index in [0.717, 1.165) is 0 Å². The maximum Gasteiger partial charge on any atom is 0.338 e. The van der Waals surface area contributed by atoms with E-state index in [1.54, 1.807) is 48.5 Å². The van der Waals surface area contributed by atoms with Crippen molar-refractivity contribution in [2.45, 2.75) is 27.7 Å². The van der Waals surface area contributed by atoms with Gasteiger partial charge in [-0.15, -0.1) is 0 Å². The van der Waals surface area contributed by atoms with E-state index in [-0.39, 0.29) is 56.4 Å². The van der Waals surface area contributed by atoms with Gasteiger partial charge in [-0.3, -0.25) is 0 Å². The number of hydrogen-bond donors (Lipinski definition) is 0. The molecular weight excluding hydrogens is 627 g/mol. The van der Waals surface area contributed by atoms with Crippen molar-refractivity contribution in [2.24, 2.45) is 0 Å². The zero-order chi connectivity index (χ0) is 36.0. The van der Waals surface area contributed by atoms with E-state index in [2.05, 4.69) is 26.3 Å². The number of halogens is 1. The molecule has 0 aliphatic carbocycles. The van der Waals surface area contributed by atoms with E-state index < -0.39 is 29.7 Å². The molecule has 0 saturated heterocycles. The molecule has 248 valence electrons. The van der Waals surface area contributed by atoms with Crippen LogP contribution < -0.4 is 18.9 Å².